The van der Waals surface area contributed by atoms with E-state index in [1.54, 1.807) is 35.4 Å². The van der Waals surface area contributed by atoms with Crippen LogP contribution in [-0.4, -0.2) is 72.0 Å². The molecule has 34 heavy (non-hydrogen) atoms. The van der Waals surface area contributed by atoms with E-state index in [1.807, 2.05) is 5.51 Å². The normalized spacial score (nSPS) is 19.0. The lowest BCUT2D eigenvalue weighted by molar-refractivity contribution is -0.135. The molecular formula is C24H26N4O4S2. The lowest BCUT2D eigenvalue weighted by Gasteiger charge is -2.40. The number of thiazole rings is 1. The van der Waals surface area contributed by atoms with E-state index >= 15 is 0 Å². The van der Waals surface area contributed by atoms with Gasteiger partial charge in [0.1, 0.15) is 5.54 Å². The van der Waals surface area contributed by atoms with Crippen molar-refractivity contribution in [1.82, 2.24) is 19.7 Å². The van der Waals surface area contributed by atoms with Gasteiger partial charge in [0.05, 0.1) is 27.2 Å². The molecule has 3 heterocycles. The molecule has 2 aromatic carbocycles. The van der Waals surface area contributed by atoms with E-state index in [0.29, 0.717) is 12.8 Å². The van der Waals surface area contributed by atoms with Gasteiger partial charge in [0.25, 0.3) is 5.91 Å². The van der Waals surface area contributed by atoms with Gasteiger partial charge in [-0.05, 0) is 48.2 Å². The van der Waals surface area contributed by atoms with Gasteiger partial charge in [-0.15, -0.1) is 11.3 Å². The van der Waals surface area contributed by atoms with Crippen LogP contribution < -0.4 is 0 Å². The molecule has 0 unspecified atom stereocenters. The van der Waals surface area contributed by atoms with Crippen LogP contribution in [-0.2, 0) is 27.7 Å². The number of hydrogen-bond donors (Lipinski definition) is 0. The van der Waals surface area contributed by atoms with Crippen LogP contribution in [0.3, 0.4) is 0 Å². The predicted octanol–water partition coefficient (Wildman–Crippen LogP) is 3.13. The third-order valence-corrected chi connectivity index (χ3v) is 8.92. The number of fused-ring (bicyclic) bond motifs is 1. The van der Waals surface area contributed by atoms with E-state index < -0.39 is 15.4 Å². The first-order valence-corrected chi connectivity index (χ1v) is 13.9. The summed E-state index contributed by atoms with van der Waals surface area (Å²) in [5.74, 6) is -0.171. The molecule has 0 bridgehead atoms. The van der Waals surface area contributed by atoms with Crippen LogP contribution in [0.5, 0.6) is 0 Å². The number of sulfone groups is 1. The van der Waals surface area contributed by atoms with Crippen molar-refractivity contribution < 1.29 is 18.0 Å². The zero-order chi connectivity index (χ0) is 24.1. The molecule has 2 aliphatic rings. The molecule has 1 aromatic heterocycles. The largest absolute Gasteiger partial charge is 0.327 e. The second-order valence-electron chi connectivity index (χ2n) is 9.11. The van der Waals surface area contributed by atoms with Crippen LogP contribution in [0, 0.1) is 0 Å². The van der Waals surface area contributed by atoms with Crippen molar-refractivity contribution in [3.8, 4) is 0 Å². The third-order valence-electron chi connectivity index (χ3n) is 6.98. The Hall–Kier alpha value is -2.82. The maximum absolute atomic E-state index is 13.5. The molecule has 0 N–H and O–H groups in total. The van der Waals surface area contributed by atoms with E-state index in [-0.39, 0.29) is 23.4 Å². The number of carbonyl (C=O) groups excluding carboxylic acids is 2. The van der Waals surface area contributed by atoms with Gasteiger partial charge in [-0.1, -0.05) is 18.2 Å². The summed E-state index contributed by atoms with van der Waals surface area (Å²) >= 11 is 1.63. The Morgan fingerprint density at radius 2 is 1.68 bits per heavy atom. The monoisotopic (exact) mass is 498 g/mol. The minimum absolute atomic E-state index is 0.130. The van der Waals surface area contributed by atoms with Crippen molar-refractivity contribution in [3.05, 3.63) is 59.1 Å². The zero-order valence-electron chi connectivity index (χ0n) is 19.1. The summed E-state index contributed by atoms with van der Waals surface area (Å²) in [4.78, 5) is 36.3. The number of likely N-dealkylation sites (N-methyl/N-ethyl adjacent to an activating group) is 1. The molecule has 0 atom stereocenters. The molecule has 5 rings (SSSR count). The predicted molar refractivity (Wildman–Crippen MR) is 130 cm³/mol. The number of urea groups is 1. The van der Waals surface area contributed by atoms with Gasteiger partial charge in [-0.3, -0.25) is 14.6 Å². The Labute approximate surface area is 202 Å². The average Bonchev–Trinajstić information content (AvgIpc) is 3.35. The second kappa shape index (κ2) is 8.44. The second-order valence-corrected chi connectivity index (χ2v) is 12.0. The highest BCUT2D eigenvalue weighted by atomic mass is 32.2. The fraction of sp³-hybridized carbons (Fsp3) is 0.375. The number of amides is 3. The number of likely N-dealkylation sites (tertiary alicyclic amines) is 1. The summed E-state index contributed by atoms with van der Waals surface area (Å²) in [7, 11) is -1.59. The molecule has 10 heteroatoms. The molecular weight excluding hydrogens is 472 g/mol. The quantitative estimate of drug-likeness (QED) is 0.502. The Morgan fingerprint density at radius 3 is 2.35 bits per heavy atom. The summed E-state index contributed by atoms with van der Waals surface area (Å²) in [5, 5.41) is 0. The number of hydrogen-bond acceptors (Lipinski definition) is 7. The van der Waals surface area contributed by atoms with Crippen LogP contribution in [0.2, 0.25) is 0 Å². The maximum atomic E-state index is 13.5. The van der Waals surface area contributed by atoms with Crippen molar-refractivity contribution in [2.75, 3.05) is 26.4 Å². The minimum Gasteiger partial charge on any atom is -0.312 e. The number of benzene rings is 2. The van der Waals surface area contributed by atoms with Gasteiger partial charge in [0.2, 0.25) is 0 Å². The standard InChI is InChI=1S/C24H26N4O4S2/c1-26-23(30)28(15-17-3-6-19(7-4-17)34(2,31)32)22(29)24(26)9-11-27(12-10-24)14-18-5-8-21-20(13-18)25-16-33-21/h3-8,13,16H,9-12,14-15H2,1-2H3. The Kier molecular flexibility index (Phi) is 5.70. The summed E-state index contributed by atoms with van der Waals surface area (Å²) in [6.45, 7) is 2.35. The summed E-state index contributed by atoms with van der Waals surface area (Å²) in [6.07, 6.45) is 2.31. The maximum Gasteiger partial charge on any atom is 0.327 e. The number of aromatic nitrogens is 1. The summed E-state index contributed by atoms with van der Waals surface area (Å²) < 4.78 is 24.6. The number of imide groups is 1. The van der Waals surface area contributed by atoms with Crippen LogP contribution in [0.25, 0.3) is 10.2 Å². The van der Waals surface area contributed by atoms with Crippen molar-refractivity contribution in [1.29, 1.82) is 0 Å². The molecule has 0 radical (unpaired) electrons. The number of piperidine rings is 1. The molecule has 2 aliphatic heterocycles. The van der Waals surface area contributed by atoms with Crippen LogP contribution >= 0.6 is 11.3 Å². The number of rotatable bonds is 5. The van der Waals surface area contributed by atoms with Crippen LogP contribution in [0.1, 0.15) is 24.0 Å². The van der Waals surface area contributed by atoms with E-state index in [4.69, 9.17) is 0 Å². The van der Waals surface area contributed by atoms with E-state index in [0.717, 1.165) is 37.0 Å². The molecule has 8 nitrogen and oxygen atoms in total. The summed E-state index contributed by atoms with van der Waals surface area (Å²) in [5.41, 5.74) is 3.94. The molecule has 2 fully saturated rings. The molecule has 2 saturated heterocycles. The molecule has 3 amide bonds. The lowest BCUT2D eigenvalue weighted by atomic mass is 9.86. The smallest absolute Gasteiger partial charge is 0.312 e. The number of carbonyl (C=O) groups is 2. The molecule has 178 valence electrons. The number of nitrogens with zero attached hydrogens (tertiary/aromatic N) is 4. The zero-order valence-corrected chi connectivity index (χ0v) is 20.7. The lowest BCUT2D eigenvalue weighted by Crippen LogP contribution is -2.55. The van der Waals surface area contributed by atoms with Gasteiger partial charge < -0.3 is 4.90 Å². The van der Waals surface area contributed by atoms with E-state index in [2.05, 4.69) is 28.1 Å². The molecule has 1 spiro atoms. The topological polar surface area (TPSA) is 90.9 Å². The highest BCUT2D eigenvalue weighted by Crippen LogP contribution is 2.37. The molecule has 0 saturated carbocycles. The van der Waals surface area contributed by atoms with Gasteiger partial charge in [-0.2, -0.15) is 0 Å². The first-order chi connectivity index (χ1) is 16.2. The Balaban J connectivity index is 1.26. The highest BCUT2D eigenvalue weighted by molar-refractivity contribution is 7.90. The van der Waals surface area contributed by atoms with Gasteiger partial charge >= 0.3 is 6.03 Å². The summed E-state index contributed by atoms with van der Waals surface area (Å²) in [6, 6.07) is 12.4. The minimum atomic E-state index is -3.30. The SMILES string of the molecule is CN1C(=O)N(Cc2ccc(S(C)(=O)=O)cc2)C(=O)C12CCN(Cc1ccc3scnc3c1)CC2. The molecule has 3 aromatic rings. The first kappa shape index (κ1) is 22.9. The van der Waals surface area contributed by atoms with Gasteiger partial charge in [0, 0.05) is 32.9 Å². The fourth-order valence-electron chi connectivity index (χ4n) is 4.90. The first-order valence-electron chi connectivity index (χ1n) is 11.1. The fourth-order valence-corrected chi connectivity index (χ4v) is 6.19. The van der Waals surface area contributed by atoms with Crippen molar-refractivity contribution in [2.45, 2.75) is 36.4 Å². The Bertz CT molecular complexity index is 1360. The van der Waals surface area contributed by atoms with Crippen LogP contribution in [0.15, 0.2) is 52.9 Å². The van der Waals surface area contributed by atoms with Gasteiger partial charge in [0.15, 0.2) is 9.84 Å². The van der Waals surface area contributed by atoms with E-state index in [9.17, 15) is 18.0 Å². The Morgan fingerprint density at radius 1 is 1.00 bits per heavy atom. The van der Waals surface area contributed by atoms with E-state index in [1.165, 1.54) is 27.3 Å². The van der Waals surface area contributed by atoms with Crippen molar-refractivity contribution >= 4 is 43.3 Å². The van der Waals surface area contributed by atoms with Crippen molar-refractivity contribution in [2.24, 2.45) is 0 Å². The molecule has 0 aliphatic carbocycles. The van der Waals surface area contributed by atoms with Gasteiger partial charge in [-0.25, -0.2) is 18.2 Å². The highest BCUT2D eigenvalue weighted by Gasteiger charge is 2.56. The average molecular weight is 499 g/mol. The third kappa shape index (κ3) is 3.99. The van der Waals surface area contributed by atoms with Crippen molar-refractivity contribution in [3.63, 3.8) is 0 Å². The van der Waals surface area contributed by atoms with Crippen LogP contribution in [0.4, 0.5) is 4.79 Å².